The van der Waals surface area contributed by atoms with Crippen molar-refractivity contribution in [1.29, 1.82) is 0 Å². The van der Waals surface area contributed by atoms with E-state index in [0.717, 1.165) is 11.3 Å². The largest absolute Gasteiger partial charge is 0.326 e. The number of nitrogens with zero attached hydrogens (tertiary/aromatic N) is 1. The molecule has 0 spiro atoms. The van der Waals surface area contributed by atoms with Crippen molar-refractivity contribution in [3.05, 3.63) is 28.5 Å². The summed E-state index contributed by atoms with van der Waals surface area (Å²) in [7, 11) is 0. The Morgan fingerprint density at radius 3 is 2.90 bits per heavy atom. The van der Waals surface area contributed by atoms with Crippen LogP contribution in [0.4, 0.5) is 0 Å². The molecule has 1 aromatic rings. The highest BCUT2D eigenvalue weighted by atomic mass is 35.5. The first-order valence-electron chi connectivity index (χ1n) is 3.05. The van der Waals surface area contributed by atoms with Crippen LogP contribution < -0.4 is 5.73 Å². The van der Waals surface area contributed by atoms with Gasteiger partial charge in [0, 0.05) is 29.0 Å². The van der Waals surface area contributed by atoms with Crippen molar-refractivity contribution in [1.82, 2.24) is 4.98 Å². The van der Waals surface area contributed by atoms with Crippen molar-refractivity contribution in [3.8, 4) is 0 Å². The summed E-state index contributed by atoms with van der Waals surface area (Å²) in [6, 6.07) is 1.81. The van der Waals surface area contributed by atoms with Crippen LogP contribution in [0, 0.1) is 6.92 Å². The highest BCUT2D eigenvalue weighted by Crippen LogP contribution is 2.14. The zero-order valence-electron chi connectivity index (χ0n) is 5.76. The fourth-order valence-electron chi connectivity index (χ4n) is 0.705. The Morgan fingerprint density at radius 2 is 2.40 bits per heavy atom. The lowest BCUT2D eigenvalue weighted by atomic mass is 10.2. The quantitative estimate of drug-likeness (QED) is 0.670. The lowest BCUT2D eigenvalue weighted by Gasteiger charge is -1.99. The lowest BCUT2D eigenvalue weighted by molar-refractivity contribution is 1.03. The van der Waals surface area contributed by atoms with E-state index in [-0.39, 0.29) is 0 Å². The van der Waals surface area contributed by atoms with Crippen molar-refractivity contribution in [2.24, 2.45) is 5.73 Å². The van der Waals surface area contributed by atoms with Crippen LogP contribution in [0.2, 0.25) is 5.02 Å². The van der Waals surface area contributed by atoms with Crippen LogP contribution in [-0.2, 0) is 6.54 Å². The van der Waals surface area contributed by atoms with Gasteiger partial charge >= 0.3 is 0 Å². The van der Waals surface area contributed by atoms with E-state index in [1.165, 1.54) is 0 Å². The van der Waals surface area contributed by atoms with Crippen LogP contribution >= 0.6 is 11.6 Å². The molecule has 0 fully saturated rings. The molecule has 3 heteroatoms. The molecule has 0 radical (unpaired) electrons. The molecule has 0 unspecified atom stereocenters. The highest BCUT2D eigenvalue weighted by molar-refractivity contribution is 6.31. The molecule has 2 N–H and O–H groups in total. The molecule has 0 aromatic carbocycles. The van der Waals surface area contributed by atoms with Gasteiger partial charge in [0.25, 0.3) is 0 Å². The minimum Gasteiger partial charge on any atom is -0.326 e. The van der Waals surface area contributed by atoms with E-state index < -0.39 is 0 Å². The maximum atomic E-state index is 5.81. The fraction of sp³-hybridized carbons (Fsp3) is 0.286. The van der Waals surface area contributed by atoms with E-state index in [1.54, 1.807) is 6.20 Å². The topological polar surface area (TPSA) is 38.9 Å². The normalized spacial score (nSPS) is 9.90. The second-order valence-corrected chi connectivity index (χ2v) is 2.53. The number of aromatic nitrogens is 1. The number of hydrogen-bond donors (Lipinski definition) is 1. The van der Waals surface area contributed by atoms with Gasteiger partial charge in [0.05, 0.1) is 0 Å². The molecule has 0 atom stereocenters. The van der Waals surface area contributed by atoms with Crippen molar-refractivity contribution in [2.75, 3.05) is 0 Å². The number of aryl methyl sites for hydroxylation is 1. The lowest BCUT2D eigenvalue weighted by Crippen LogP contribution is -1.98. The molecule has 0 bridgehead atoms. The number of halogens is 1. The SMILES string of the molecule is Cc1cc(Cl)c(CN)cn1. The molecule has 10 heavy (non-hydrogen) atoms. The van der Waals surface area contributed by atoms with Gasteiger partial charge in [-0.25, -0.2) is 0 Å². The van der Waals surface area contributed by atoms with Gasteiger partial charge < -0.3 is 5.73 Å². The Morgan fingerprint density at radius 1 is 1.70 bits per heavy atom. The van der Waals surface area contributed by atoms with E-state index in [1.807, 2.05) is 13.0 Å². The van der Waals surface area contributed by atoms with Crippen molar-refractivity contribution in [3.63, 3.8) is 0 Å². The molecule has 0 saturated carbocycles. The molecule has 0 aliphatic carbocycles. The minimum absolute atomic E-state index is 0.451. The van der Waals surface area contributed by atoms with Crippen LogP contribution in [0.25, 0.3) is 0 Å². The van der Waals surface area contributed by atoms with Gasteiger partial charge in [0.2, 0.25) is 0 Å². The first-order valence-corrected chi connectivity index (χ1v) is 3.43. The Kier molecular flexibility index (Phi) is 2.25. The van der Waals surface area contributed by atoms with Crippen LogP contribution in [0.1, 0.15) is 11.3 Å². The summed E-state index contributed by atoms with van der Waals surface area (Å²) in [5, 5.41) is 0.704. The van der Waals surface area contributed by atoms with Crippen LogP contribution in [0.5, 0.6) is 0 Å². The first-order chi connectivity index (χ1) is 4.74. The number of pyridine rings is 1. The van der Waals surface area contributed by atoms with Crippen molar-refractivity contribution in [2.45, 2.75) is 13.5 Å². The molecule has 0 saturated heterocycles. The van der Waals surface area contributed by atoms with Crippen LogP contribution in [-0.4, -0.2) is 4.98 Å². The molecule has 54 valence electrons. The van der Waals surface area contributed by atoms with Crippen LogP contribution in [0.3, 0.4) is 0 Å². The standard InChI is InChI=1S/C7H9ClN2/c1-5-2-7(8)6(3-9)4-10-5/h2,4H,3,9H2,1H3. The third-order valence-corrected chi connectivity index (χ3v) is 1.64. The average Bonchev–Trinajstić information content (AvgIpc) is 1.88. The average molecular weight is 157 g/mol. The summed E-state index contributed by atoms with van der Waals surface area (Å²) >= 11 is 5.81. The fourth-order valence-corrected chi connectivity index (χ4v) is 0.989. The number of rotatable bonds is 1. The Labute approximate surface area is 65.0 Å². The summed E-state index contributed by atoms with van der Waals surface area (Å²) < 4.78 is 0. The zero-order valence-corrected chi connectivity index (χ0v) is 6.52. The summed E-state index contributed by atoms with van der Waals surface area (Å²) in [4.78, 5) is 4.05. The highest BCUT2D eigenvalue weighted by Gasteiger charge is 1.96. The Bertz CT molecular complexity index is 235. The molecule has 1 rings (SSSR count). The second kappa shape index (κ2) is 2.99. The molecular formula is C7H9ClN2. The second-order valence-electron chi connectivity index (χ2n) is 2.12. The van der Waals surface area contributed by atoms with Crippen LogP contribution in [0.15, 0.2) is 12.3 Å². The third kappa shape index (κ3) is 1.46. The molecule has 1 aromatic heterocycles. The summed E-state index contributed by atoms with van der Waals surface area (Å²) in [5.41, 5.74) is 7.19. The maximum Gasteiger partial charge on any atom is 0.0484 e. The Balaban J connectivity index is 3.07. The summed E-state index contributed by atoms with van der Waals surface area (Å²) in [5.74, 6) is 0. The first kappa shape index (κ1) is 7.51. The molecule has 1 heterocycles. The zero-order chi connectivity index (χ0) is 7.56. The molecule has 0 amide bonds. The minimum atomic E-state index is 0.451. The number of hydrogen-bond acceptors (Lipinski definition) is 2. The molecule has 0 aliphatic heterocycles. The van der Waals surface area contributed by atoms with Crippen molar-refractivity contribution < 1.29 is 0 Å². The number of nitrogens with two attached hydrogens (primary N) is 1. The molecule has 0 aliphatic rings. The van der Waals surface area contributed by atoms with E-state index in [4.69, 9.17) is 17.3 Å². The van der Waals surface area contributed by atoms with Crippen molar-refractivity contribution >= 4 is 11.6 Å². The molecule has 2 nitrogen and oxygen atoms in total. The molecular weight excluding hydrogens is 148 g/mol. The van der Waals surface area contributed by atoms with Gasteiger partial charge in [0.1, 0.15) is 0 Å². The van der Waals surface area contributed by atoms with Gasteiger partial charge in [-0.3, -0.25) is 4.98 Å². The third-order valence-electron chi connectivity index (χ3n) is 1.29. The van der Waals surface area contributed by atoms with E-state index in [2.05, 4.69) is 4.98 Å². The predicted octanol–water partition coefficient (Wildman–Crippen LogP) is 1.50. The van der Waals surface area contributed by atoms with Gasteiger partial charge in [-0.15, -0.1) is 0 Å². The van der Waals surface area contributed by atoms with E-state index in [9.17, 15) is 0 Å². The summed E-state index contributed by atoms with van der Waals surface area (Å²) in [6.07, 6.45) is 1.71. The summed E-state index contributed by atoms with van der Waals surface area (Å²) in [6.45, 7) is 2.35. The maximum absolute atomic E-state index is 5.81. The van der Waals surface area contributed by atoms with Gasteiger partial charge in [0.15, 0.2) is 0 Å². The predicted molar refractivity (Wildman–Crippen MR) is 41.9 cm³/mol. The van der Waals surface area contributed by atoms with Gasteiger partial charge in [-0.05, 0) is 13.0 Å². The van der Waals surface area contributed by atoms with E-state index >= 15 is 0 Å². The van der Waals surface area contributed by atoms with E-state index in [0.29, 0.717) is 11.6 Å². The van der Waals surface area contributed by atoms with Gasteiger partial charge in [-0.2, -0.15) is 0 Å². The monoisotopic (exact) mass is 156 g/mol. The smallest absolute Gasteiger partial charge is 0.0484 e. The Hall–Kier alpha value is -0.600. The van der Waals surface area contributed by atoms with Gasteiger partial charge in [-0.1, -0.05) is 11.6 Å².